The van der Waals surface area contributed by atoms with Crippen molar-refractivity contribution in [3.63, 3.8) is 0 Å². The molecule has 0 aliphatic rings. The van der Waals surface area contributed by atoms with Crippen molar-refractivity contribution in [3.8, 4) is 11.5 Å². The summed E-state index contributed by atoms with van der Waals surface area (Å²) in [4.78, 5) is 13.1. The van der Waals surface area contributed by atoms with Gasteiger partial charge >= 0.3 is 6.18 Å². The molecule has 0 aliphatic carbocycles. The first-order valence-corrected chi connectivity index (χ1v) is 8.35. The Bertz CT molecular complexity index is 827. The number of benzene rings is 1. The Morgan fingerprint density at radius 1 is 1.32 bits per heavy atom. The van der Waals surface area contributed by atoms with Crippen molar-refractivity contribution in [2.75, 3.05) is 20.2 Å². The van der Waals surface area contributed by atoms with E-state index in [1.54, 1.807) is 13.8 Å². The van der Waals surface area contributed by atoms with Crippen LogP contribution in [-0.2, 0) is 6.61 Å². The van der Waals surface area contributed by atoms with E-state index in [0.29, 0.717) is 22.1 Å². The normalized spacial score (nSPS) is 11.2. The Morgan fingerprint density at radius 3 is 2.57 bits per heavy atom. The van der Waals surface area contributed by atoms with Gasteiger partial charge in [0.1, 0.15) is 18.9 Å². The summed E-state index contributed by atoms with van der Waals surface area (Å²) < 4.78 is 54.2. The van der Waals surface area contributed by atoms with E-state index in [2.05, 4.69) is 11.7 Å². The Kier molecular flexibility index (Phi) is 6.71. The molecule has 0 bridgehead atoms. The summed E-state index contributed by atoms with van der Waals surface area (Å²) in [5.74, 6) is 0.400. The molecular formula is C19H21F3N2O4. The molecule has 28 heavy (non-hydrogen) atoms. The first-order chi connectivity index (χ1) is 13.2. The average molecular weight is 398 g/mol. The molecule has 0 radical (unpaired) electrons. The fourth-order valence-electron chi connectivity index (χ4n) is 2.55. The molecule has 0 atom stereocenters. The number of rotatable bonds is 8. The topological polar surface area (TPSA) is 64.8 Å². The highest BCUT2D eigenvalue weighted by molar-refractivity contribution is 5.95. The summed E-state index contributed by atoms with van der Waals surface area (Å²) in [5, 5.41) is 3.84. The third kappa shape index (κ3) is 5.28. The van der Waals surface area contributed by atoms with Crippen molar-refractivity contribution in [2.45, 2.75) is 26.6 Å². The molecule has 0 fully saturated rings. The van der Waals surface area contributed by atoms with Crippen LogP contribution in [-0.4, -0.2) is 42.3 Å². The van der Waals surface area contributed by atoms with Gasteiger partial charge in [0, 0.05) is 12.1 Å². The Labute approximate surface area is 160 Å². The fraction of sp³-hybridized carbons (Fsp3) is 0.368. The fourth-order valence-corrected chi connectivity index (χ4v) is 2.55. The zero-order chi connectivity index (χ0) is 20.9. The highest BCUT2D eigenvalue weighted by Crippen LogP contribution is 2.30. The van der Waals surface area contributed by atoms with Crippen LogP contribution in [0.25, 0.3) is 0 Å². The lowest BCUT2D eigenvalue weighted by Gasteiger charge is -2.23. The quantitative estimate of drug-likeness (QED) is 0.627. The predicted octanol–water partition coefficient (Wildman–Crippen LogP) is 4.07. The van der Waals surface area contributed by atoms with E-state index in [9.17, 15) is 18.0 Å². The van der Waals surface area contributed by atoms with Gasteiger partial charge in [-0.05, 0) is 32.0 Å². The SMILES string of the molecule is C=CCN(CC(F)(F)F)C(=O)c1ccc(OCc2c(C)noc2C)c(OC)c1. The second kappa shape index (κ2) is 8.81. The van der Waals surface area contributed by atoms with Crippen LogP contribution in [0.4, 0.5) is 13.2 Å². The van der Waals surface area contributed by atoms with Crippen molar-refractivity contribution in [3.05, 3.63) is 53.4 Å². The Hall–Kier alpha value is -2.97. The van der Waals surface area contributed by atoms with Crippen LogP contribution >= 0.6 is 0 Å². The lowest BCUT2D eigenvalue weighted by molar-refractivity contribution is -0.139. The minimum atomic E-state index is -4.51. The molecule has 9 heteroatoms. The summed E-state index contributed by atoms with van der Waals surface area (Å²) in [6, 6.07) is 4.21. The highest BCUT2D eigenvalue weighted by atomic mass is 19.4. The van der Waals surface area contributed by atoms with Gasteiger partial charge in [0.25, 0.3) is 5.91 Å². The van der Waals surface area contributed by atoms with E-state index in [1.807, 2.05) is 0 Å². The van der Waals surface area contributed by atoms with Crippen LogP contribution in [0.2, 0.25) is 0 Å². The molecule has 1 heterocycles. The molecule has 1 aromatic carbocycles. The van der Waals surface area contributed by atoms with E-state index in [-0.39, 0.29) is 24.5 Å². The number of hydrogen-bond donors (Lipinski definition) is 0. The van der Waals surface area contributed by atoms with Gasteiger partial charge in [0.2, 0.25) is 0 Å². The number of ether oxygens (including phenoxy) is 2. The van der Waals surface area contributed by atoms with Gasteiger partial charge in [-0.15, -0.1) is 6.58 Å². The van der Waals surface area contributed by atoms with Crippen molar-refractivity contribution in [1.82, 2.24) is 10.1 Å². The standard InChI is InChI=1S/C19H21F3N2O4/c1-5-8-24(11-19(20,21)22)18(25)14-6-7-16(17(9-14)26-4)27-10-15-12(2)23-28-13(15)3/h5-7,9H,1,8,10-11H2,2-4H3. The van der Waals surface area contributed by atoms with Gasteiger partial charge in [-0.3, -0.25) is 4.79 Å². The van der Waals surface area contributed by atoms with Gasteiger partial charge in [0.15, 0.2) is 11.5 Å². The molecule has 2 rings (SSSR count). The van der Waals surface area contributed by atoms with Gasteiger partial charge in [-0.2, -0.15) is 13.2 Å². The van der Waals surface area contributed by atoms with E-state index >= 15 is 0 Å². The summed E-state index contributed by atoms with van der Waals surface area (Å²) in [7, 11) is 1.38. The second-order valence-electron chi connectivity index (χ2n) is 6.05. The molecule has 1 aromatic heterocycles. The summed E-state index contributed by atoms with van der Waals surface area (Å²) in [6.45, 7) is 5.50. The predicted molar refractivity (Wildman–Crippen MR) is 95.5 cm³/mol. The number of aromatic nitrogens is 1. The molecule has 152 valence electrons. The van der Waals surface area contributed by atoms with Gasteiger partial charge in [-0.1, -0.05) is 11.2 Å². The van der Waals surface area contributed by atoms with Gasteiger partial charge in [-0.25, -0.2) is 0 Å². The van der Waals surface area contributed by atoms with Crippen molar-refractivity contribution in [1.29, 1.82) is 0 Å². The monoisotopic (exact) mass is 398 g/mol. The lowest BCUT2D eigenvalue weighted by Crippen LogP contribution is -2.39. The van der Waals surface area contributed by atoms with Crippen LogP contribution in [0, 0.1) is 13.8 Å². The summed E-state index contributed by atoms with van der Waals surface area (Å²) in [5.41, 5.74) is 1.52. The van der Waals surface area contributed by atoms with Crippen LogP contribution in [0.15, 0.2) is 35.4 Å². The zero-order valence-electron chi connectivity index (χ0n) is 15.8. The maximum absolute atomic E-state index is 12.7. The number of halogens is 3. The number of aryl methyl sites for hydroxylation is 2. The molecule has 0 aliphatic heterocycles. The molecule has 0 N–H and O–H groups in total. The van der Waals surface area contributed by atoms with Gasteiger partial charge in [0.05, 0.1) is 18.4 Å². The van der Waals surface area contributed by atoms with Gasteiger partial charge < -0.3 is 18.9 Å². The number of hydrogen-bond acceptors (Lipinski definition) is 5. The maximum atomic E-state index is 12.7. The van der Waals surface area contributed by atoms with E-state index < -0.39 is 18.6 Å². The van der Waals surface area contributed by atoms with Crippen LogP contribution < -0.4 is 9.47 Å². The van der Waals surface area contributed by atoms with Crippen molar-refractivity contribution in [2.24, 2.45) is 0 Å². The smallest absolute Gasteiger partial charge is 0.406 e. The molecule has 6 nitrogen and oxygen atoms in total. The third-order valence-corrected chi connectivity index (χ3v) is 3.97. The minimum Gasteiger partial charge on any atom is -0.493 e. The first kappa shape index (κ1) is 21.3. The maximum Gasteiger partial charge on any atom is 0.406 e. The highest BCUT2D eigenvalue weighted by Gasteiger charge is 2.33. The molecule has 0 unspecified atom stereocenters. The molecule has 0 saturated carbocycles. The molecule has 1 amide bonds. The number of amides is 1. The van der Waals surface area contributed by atoms with Crippen molar-refractivity contribution < 1.29 is 32.0 Å². The zero-order valence-corrected chi connectivity index (χ0v) is 15.8. The summed E-state index contributed by atoms with van der Waals surface area (Å²) in [6.07, 6.45) is -3.28. The molecule has 2 aromatic rings. The molecule has 0 saturated heterocycles. The van der Waals surface area contributed by atoms with Crippen LogP contribution in [0.1, 0.15) is 27.4 Å². The molecule has 0 spiro atoms. The number of carbonyl (C=O) groups is 1. The van der Waals surface area contributed by atoms with E-state index in [1.165, 1.54) is 31.4 Å². The van der Waals surface area contributed by atoms with E-state index in [0.717, 1.165) is 5.56 Å². The molecular weight excluding hydrogens is 377 g/mol. The number of methoxy groups -OCH3 is 1. The van der Waals surface area contributed by atoms with Crippen molar-refractivity contribution >= 4 is 5.91 Å². The first-order valence-electron chi connectivity index (χ1n) is 8.35. The third-order valence-electron chi connectivity index (χ3n) is 3.97. The van der Waals surface area contributed by atoms with Crippen LogP contribution in [0.5, 0.6) is 11.5 Å². The minimum absolute atomic E-state index is 0.0487. The number of nitrogens with zero attached hydrogens (tertiary/aromatic N) is 2. The Balaban J connectivity index is 2.21. The second-order valence-corrected chi connectivity index (χ2v) is 6.05. The Morgan fingerprint density at radius 2 is 2.04 bits per heavy atom. The lowest BCUT2D eigenvalue weighted by atomic mass is 10.1. The largest absolute Gasteiger partial charge is 0.493 e. The van der Waals surface area contributed by atoms with Crippen LogP contribution in [0.3, 0.4) is 0 Å². The van der Waals surface area contributed by atoms with E-state index in [4.69, 9.17) is 14.0 Å². The number of alkyl halides is 3. The summed E-state index contributed by atoms with van der Waals surface area (Å²) >= 11 is 0. The average Bonchev–Trinajstić information content (AvgIpc) is 2.95. The number of carbonyl (C=O) groups excluding carboxylic acids is 1.